The van der Waals surface area contributed by atoms with Gasteiger partial charge in [0.25, 0.3) is 0 Å². The Bertz CT molecular complexity index is 1740. The van der Waals surface area contributed by atoms with Gasteiger partial charge >= 0.3 is 0 Å². The van der Waals surface area contributed by atoms with E-state index in [1.165, 1.54) is 12.3 Å². The summed E-state index contributed by atoms with van der Waals surface area (Å²) in [6, 6.07) is 10.2. The van der Waals surface area contributed by atoms with Gasteiger partial charge in [0.2, 0.25) is 0 Å². The molecular weight excluding hydrogens is 462 g/mol. The zero-order valence-electron chi connectivity index (χ0n) is 19.3. The lowest BCUT2D eigenvalue weighted by molar-refractivity contribution is 0.631. The molecule has 0 saturated carbocycles. The standard InChI is InChI=1S/C26H20F2N8/c1-13(2)32-15-9-14(10-29-11-15)18-12-31-24-20(21(18)28)23(35-36-24)26-33-22-17(7-8-30-25(22)34-26)16-5-3-4-6-19(16)27/h3-13,32H,1-2H3,(H,30,33,34)(H,31,35,36). The van der Waals surface area contributed by atoms with Gasteiger partial charge in [0.1, 0.15) is 22.8 Å². The maximum absolute atomic E-state index is 15.9. The van der Waals surface area contributed by atoms with Gasteiger partial charge in [-0.15, -0.1) is 0 Å². The maximum Gasteiger partial charge on any atom is 0.161 e. The second-order valence-corrected chi connectivity index (χ2v) is 8.66. The van der Waals surface area contributed by atoms with Crippen molar-refractivity contribution in [3.8, 4) is 33.8 Å². The van der Waals surface area contributed by atoms with Gasteiger partial charge in [0, 0.05) is 53.1 Å². The molecule has 0 amide bonds. The molecule has 36 heavy (non-hydrogen) atoms. The predicted octanol–water partition coefficient (Wildman–Crippen LogP) is 5.72. The number of benzene rings is 1. The number of rotatable bonds is 5. The fourth-order valence-electron chi connectivity index (χ4n) is 4.25. The zero-order valence-corrected chi connectivity index (χ0v) is 19.3. The van der Waals surface area contributed by atoms with E-state index < -0.39 is 5.82 Å². The molecule has 0 spiro atoms. The Morgan fingerprint density at radius 2 is 1.78 bits per heavy atom. The van der Waals surface area contributed by atoms with Crippen LogP contribution >= 0.6 is 0 Å². The Morgan fingerprint density at radius 1 is 0.917 bits per heavy atom. The molecule has 6 aromatic rings. The Labute approximate surface area is 203 Å². The number of pyridine rings is 3. The molecule has 0 unspecified atom stereocenters. The smallest absolute Gasteiger partial charge is 0.161 e. The van der Waals surface area contributed by atoms with E-state index in [0.717, 1.165) is 5.69 Å². The summed E-state index contributed by atoms with van der Waals surface area (Å²) in [5.74, 6) is -0.587. The van der Waals surface area contributed by atoms with Crippen LogP contribution in [0.25, 0.3) is 56.0 Å². The molecule has 0 atom stereocenters. The molecular formula is C26H20F2N8. The number of halogens is 2. The third kappa shape index (κ3) is 3.63. The highest BCUT2D eigenvalue weighted by Crippen LogP contribution is 2.35. The van der Waals surface area contributed by atoms with Crippen molar-refractivity contribution >= 4 is 27.9 Å². The molecule has 3 N–H and O–H groups in total. The number of anilines is 1. The Kier molecular flexibility index (Phi) is 5.14. The van der Waals surface area contributed by atoms with Crippen LogP contribution in [-0.4, -0.2) is 41.2 Å². The van der Waals surface area contributed by atoms with Crippen LogP contribution in [0.5, 0.6) is 0 Å². The van der Waals surface area contributed by atoms with E-state index in [-0.39, 0.29) is 34.1 Å². The molecule has 0 radical (unpaired) electrons. The summed E-state index contributed by atoms with van der Waals surface area (Å²) in [5, 5.41) is 10.5. The van der Waals surface area contributed by atoms with Crippen molar-refractivity contribution in [2.45, 2.75) is 19.9 Å². The monoisotopic (exact) mass is 482 g/mol. The number of hydrogen-bond donors (Lipinski definition) is 3. The number of aromatic nitrogens is 7. The van der Waals surface area contributed by atoms with Gasteiger partial charge in [-0.3, -0.25) is 10.1 Å². The minimum absolute atomic E-state index is 0.182. The minimum Gasteiger partial charge on any atom is -0.382 e. The summed E-state index contributed by atoms with van der Waals surface area (Å²) in [4.78, 5) is 20.7. The molecule has 0 aliphatic rings. The fourth-order valence-corrected chi connectivity index (χ4v) is 4.25. The highest BCUT2D eigenvalue weighted by molar-refractivity contribution is 5.96. The molecule has 178 valence electrons. The first-order valence-electron chi connectivity index (χ1n) is 11.3. The normalized spacial score (nSPS) is 11.6. The summed E-state index contributed by atoms with van der Waals surface area (Å²) >= 11 is 0. The number of hydrogen-bond acceptors (Lipinski definition) is 6. The quantitative estimate of drug-likeness (QED) is 0.290. The first-order valence-corrected chi connectivity index (χ1v) is 11.3. The SMILES string of the molecule is CC(C)Nc1cncc(-c2cnc3[nH]nc(-c4nc5c(-c6ccccc6F)ccnc5[nH]4)c3c2F)c1. The van der Waals surface area contributed by atoms with E-state index in [0.29, 0.717) is 33.7 Å². The highest BCUT2D eigenvalue weighted by Gasteiger charge is 2.22. The Hall–Kier alpha value is -4.73. The highest BCUT2D eigenvalue weighted by atomic mass is 19.1. The molecule has 0 saturated heterocycles. The molecule has 0 aliphatic heterocycles. The van der Waals surface area contributed by atoms with Crippen LogP contribution in [0, 0.1) is 11.6 Å². The molecule has 5 aromatic heterocycles. The zero-order chi connectivity index (χ0) is 24.8. The first kappa shape index (κ1) is 21.8. The predicted molar refractivity (Wildman–Crippen MR) is 134 cm³/mol. The number of imidazole rings is 1. The number of H-pyrrole nitrogens is 2. The lowest BCUT2D eigenvalue weighted by Crippen LogP contribution is -2.09. The van der Waals surface area contributed by atoms with Crippen molar-refractivity contribution in [1.29, 1.82) is 0 Å². The topological polar surface area (TPSA) is 108 Å². The van der Waals surface area contributed by atoms with Crippen LogP contribution in [0.1, 0.15) is 13.8 Å². The van der Waals surface area contributed by atoms with Crippen LogP contribution < -0.4 is 5.32 Å². The van der Waals surface area contributed by atoms with Gasteiger partial charge in [0.05, 0.1) is 11.1 Å². The Balaban J connectivity index is 1.50. The summed E-state index contributed by atoms with van der Waals surface area (Å²) in [7, 11) is 0. The summed E-state index contributed by atoms with van der Waals surface area (Å²) in [5.41, 5.74) is 4.01. The maximum atomic E-state index is 15.9. The van der Waals surface area contributed by atoms with Gasteiger partial charge in [-0.05, 0) is 32.0 Å². The lowest BCUT2D eigenvalue weighted by Gasteiger charge is -2.11. The van der Waals surface area contributed by atoms with Crippen molar-refractivity contribution in [2.24, 2.45) is 0 Å². The molecule has 6 rings (SSSR count). The summed E-state index contributed by atoms with van der Waals surface area (Å²) in [6.45, 7) is 4.02. The average molecular weight is 482 g/mol. The molecule has 0 aliphatic carbocycles. The fraction of sp³-hybridized carbons (Fsp3) is 0.115. The van der Waals surface area contributed by atoms with Gasteiger partial charge in [-0.25, -0.2) is 23.7 Å². The van der Waals surface area contributed by atoms with Crippen molar-refractivity contribution in [3.05, 3.63) is 72.8 Å². The second kappa shape index (κ2) is 8.49. The summed E-state index contributed by atoms with van der Waals surface area (Å²) < 4.78 is 30.4. The van der Waals surface area contributed by atoms with Crippen molar-refractivity contribution < 1.29 is 8.78 Å². The largest absolute Gasteiger partial charge is 0.382 e. The van der Waals surface area contributed by atoms with Crippen LogP contribution in [0.3, 0.4) is 0 Å². The van der Waals surface area contributed by atoms with Crippen LogP contribution in [-0.2, 0) is 0 Å². The van der Waals surface area contributed by atoms with E-state index in [1.54, 1.807) is 42.9 Å². The molecule has 1 aromatic carbocycles. The van der Waals surface area contributed by atoms with E-state index in [1.807, 2.05) is 19.9 Å². The molecule has 5 heterocycles. The average Bonchev–Trinajstić information content (AvgIpc) is 3.49. The van der Waals surface area contributed by atoms with E-state index in [2.05, 4.69) is 40.4 Å². The van der Waals surface area contributed by atoms with E-state index in [9.17, 15) is 4.39 Å². The van der Waals surface area contributed by atoms with Crippen LogP contribution in [0.2, 0.25) is 0 Å². The number of aromatic amines is 2. The van der Waals surface area contributed by atoms with Crippen LogP contribution in [0.15, 0.2) is 61.2 Å². The first-order chi connectivity index (χ1) is 17.5. The van der Waals surface area contributed by atoms with Gasteiger partial charge in [-0.2, -0.15) is 5.10 Å². The molecule has 8 nitrogen and oxygen atoms in total. The minimum atomic E-state index is -0.505. The van der Waals surface area contributed by atoms with Gasteiger partial charge in [0.15, 0.2) is 17.1 Å². The Morgan fingerprint density at radius 3 is 2.61 bits per heavy atom. The van der Waals surface area contributed by atoms with Crippen LogP contribution in [0.4, 0.5) is 14.5 Å². The number of fused-ring (bicyclic) bond motifs is 2. The molecule has 0 fully saturated rings. The molecule has 0 bridgehead atoms. The third-order valence-electron chi connectivity index (χ3n) is 5.80. The van der Waals surface area contributed by atoms with E-state index >= 15 is 4.39 Å². The molecule has 10 heteroatoms. The number of nitrogens with zero attached hydrogens (tertiary/aromatic N) is 5. The number of nitrogens with one attached hydrogen (secondary N) is 3. The third-order valence-corrected chi connectivity index (χ3v) is 5.80. The second-order valence-electron chi connectivity index (χ2n) is 8.66. The van der Waals surface area contributed by atoms with Crippen molar-refractivity contribution in [1.82, 2.24) is 35.1 Å². The van der Waals surface area contributed by atoms with E-state index in [4.69, 9.17) is 0 Å². The summed E-state index contributed by atoms with van der Waals surface area (Å²) in [6.07, 6.45) is 6.29. The van der Waals surface area contributed by atoms with Gasteiger partial charge < -0.3 is 10.3 Å². The lowest BCUT2D eigenvalue weighted by atomic mass is 10.1. The van der Waals surface area contributed by atoms with Gasteiger partial charge in [-0.1, -0.05) is 18.2 Å². The van der Waals surface area contributed by atoms with Crippen molar-refractivity contribution in [2.75, 3.05) is 5.32 Å². The van der Waals surface area contributed by atoms with Crippen molar-refractivity contribution in [3.63, 3.8) is 0 Å².